The van der Waals surface area contributed by atoms with Gasteiger partial charge in [0.15, 0.2) is 0 Å². The molecule has 0 bridgehead atoms. The lowest BCUT2D eigenvalue weighted by Crippen LogP contribution is -2.35. The minimum atomic E-state index is -1.38. The van der Waals surface area contributed by atoms with E-state index in [0.717, 1.165) is 43.4 Å². The Morgan fingerprint density at radius 1 is 1.16 bits per heavy atom. The number of rotatable bonds is 9. The zero-order valence-corrected chi connectivity index (χ0v) is 15.0. The molecule has 1 aliphatic heterocycles. The molecule has 2 atom stereocenters. The van der Waals surface area contributed by atoms with E-state index in [0.29, 0.717) is 0 Å². The van der Waals surface area contributed by atoms with Gasteiger partial charge in [-0.15, -0.1) is 0 Å². The van der Waals surface area contributed by atoms with Gasteiger partial charge < -0.3 is 9.90 Å². The molecule has 25 heavy (non-hydrogen) atoms. The molecule has 1 fully saturated rings. The number of carboxylic acids is 1. The lowest BCUT2D eigenvalue weighted by molar-refractivity contribution is -0.254. The molecule has 0 spiro atoms. The molecule has 136 valence electrons. The highest BCUT2D eigenvalue weighted by atomic mass is 16.4. The topological polar surface area (TPSA) is 77.5 Å². The van der Waals surface area contributed by atoms with Crippen LogP contribution in [-0.2, 0) is 9.59 Å². The van der Waals surface area contributed by atoms with E-state index in [2.05, 4.69) is 13.8 Å². The van der Waals surface area contributed by atoms with E-state index in [4.69, 9.17) is 0 Å². The Bertz CT molecular complexity index is 640. The Kier molecular flexibility index (Phi) is 6.73. The van der Waals surface area contributed by atoms with Crippen molar-refractivity contribution in [3.8, 4) is 0 Å². The summed E-state index contributed by atoms with van der Waals surface area (Å²) in [6, 6.07) is 6.04. The monoisotopic (exact) mass is 344 g/mol. The van der Waals surface area contributed by atoms with Crippen LogP contribution in [0.3, 0.4) is 0 Å². The van der Waals surface area contributed by atoms with E-state index in [1.165, 1.54) is 12.1 Å². The number of para-hydroxylation sites is 1. The van der Waals surface area contributed by atoms with Crippen molar-refractivity contribution in [3.63, 3.8) is 0 Å². The number of amides is 2. The number of aromatic carboxylic acids is 1. The summed E-state index contributed by atoms with van der Waals surface area (Å²) in [6.45, 7) is 4.22. The van der Waals surface area contributed by atoms with E-state index in [9.17, 15) is 19.5 Å². The van der Waals surface area contributed by atoms with Crippen LogP contribution in [0, 0.1) is 11.8 Å². The molecule has 5 heteroatoms. The fourth-order valence-corrected chi connectivity index (χ4v) is 3.69. The summed E-state index contributed by atoms with van der Waals surface area (Å²) in [7, 11) is 0. The molecule has 2 unspecified atom stereocenters. The molecule has 1 saturated heterocycles. The van der Waals surface area contributed by atoms with E-state index in [1.54, 1.807) is 12.1 Å². The Morgan fingerprint density at radius 3 is 2.52 bits per heavy atom. The van der Waals surface area contributed by atoms with E-state index >= 15 is 0 Å². The van der Waals surface area contributed by atoms with Crippen LogP contribution in [0.25, 0.3) is 0 Å². The number of hydrogen-bond acceptors (Lipinski definition) is 4. The van der Waals surface area contributed by atoms with Gasteiger partial charge in [0.25, 0.3) is 0 Å². The predicted octanol–water partition coefficient (Wildman–Crippen LogP) is 2.93. The van der Waals surface area contributed by atoms with E-state index in [-0.39, 0.29) is 41.3 Å². The summed E-state index contributed by atoms with van der Waals surface area (Å²) in [5.74, 6) is -2.14. The van der Waals surface area contributed by atoms with Gasteiger partial charge in [-0.25, -0.2) is 4.90 Å². The molecule has 2 amide bonds. The normalized spacial score (nSPS) is 18.6. The number of unbranched alkanes of at least 4 members (excludes halogenated alkanes) is 2. The maximum absolute atomic E-state index is 12.9. The molecule has 1 aliphatic rings. The second kappa shape index (κ2) is 8.79. The SMILES string of the molecule is CCCCCC(CCC)C1CC(=O)N(c2ccccc2C(=O)[O-])C1=O. The maximum atomic E-state index is 12.9. The van der Waals surface area contributed by atoms with Gasteiger partial charge in [-0.3, -0.25) is 9.59 Å². The van der Waals surface area contributed by atoms with Crippen LogP contribution in [0.2, 0.25) is 0 Å². The highest BCUT2D eigenvalue weighted by Gasteiger charge is 2.43. The molecule has 1 heterocycles. The zero-order valence-electron chi connectivity index (χ0n) is 15.0. The van der Waals surface area contributed by atoms with Crippen molar-refractivity contribution >= 4 is 23.5 Å². The number of benzene rings is 1. The van der Waals surface area contributed by atoms with Crippen LogP contribution >= 0.6 is 0 Å². The number of hydrogen-bond donors (Lipinski definition) is 0. The van der Waals surface area contributed by atoms with E-state index < -0.39 is 5.97 Å². The highest BCUT2D eigenvalue weighted by molar-refractivity contribution is 6.22. The molecule has 1 aromatic rings. The molecule has 5 nitrogen and oxygen atoms in total. The van der Waals surface area contributed by atoms with Gasteiger partial charge in [0.1, 0.15) is 0 Å². The minimum absolute atomic E-state index is 0.122. The lowest BCUT2D eigenvalue weighted by atomic mass is 9.83. The average Bonchev–Trinajstić information content (AvgIpc) is 2.88. The van der Waals surface area contributed by atoms with Crippen molar-refractivity contribution in [3.05, 3.63) is 29.8 Å². The van der Waals surface area contributed by atoms with Crippen LogP contribution in [0.5, 0.6) is 0 Å². The second-order valence-corrected chi connectivity index (χ2v) is 6.73. The van der Waals surface area contributed by atoms with Crippen molar-refractivity contribution in [2.45, 2.75) is 58.8 Å². The van der Waals surface area contributed by atoms with Gasteiger partial charge in [0.2, 0.25) is 11.8 Å². The number of carboxylic acid groups (broad SMARTS) is 1. The van der Waals surface area contributed by atoms with Crippen molar-refractivity contribution < 1.29 is 19.5 Å². The molecule has 2 rings (SSSR count). The summed E-state index contributed by atoms with van der Waals surface area (Å²) in [6.07, 6.45) is 6.24. The minimum Gasteiger partial charge on any atom is -0.545 e. The summed E-state index contributed by atoms with van der Waals surface area (Å²) >= 11 is 0. The lowest BCUT2D eigenvalue weighted by Gasteiger charge is -2.23. The highest BCUT2D eigenvalue weighted by Crippen LogP contribution is 2.36. The smallest absolute Gasteiger partial charge is 0.237 e. The molecular weight excluding hydrogens is 318 g/mol. The molecule has 0 N–H and O–H groups in total. The van der Waals surface area contributed by atoms with Gasteiger partial charge in [0, 0.05) is 12.0 Å². The third-order valence-electron chi connectivity index (χ3n) is 4.95. The van der Waals surface area contributed by atoms with Gasteiger partial charge >= 0.3 is 0 Å². The largest absolute Gasteiger partial charge is 0.545 e. The zero-order chi connectivity index (χ0) is 18.4. The van der Waals surface area contributed by atoms with Gasteiger partial charge in [-0.1, -0.05) is 57.7 Å². The first-order chi connectivity index (χ1) is 12.0. The van der Waals surface area contributed by atoms with Gasteiger partial charge in [0.05, 0.1) is 17.6 Å². The van der Waals surface area contributed by atoms with Crippen LogP contribution in [0.1, 0.15) is 69.2 Å². The third-order valence-corrected chi connectivity index (χ3v) is 4.95. The van der Waals surface area contributed by atoms with Gasteiger partial charge in [-0.05, 0) is 24.8 Å². The fourth-order valence-electron chi connectivity index (χ4n) is 3.69. The van der Waals surface area contributed by atoms with Crippen molar-refractivity contribution in [1.82, 2.24) is 0 Å². The first-order valence-electron chi connectivity index (χ1n) is 9.18. The molecule has 0 radical (unpaired) electrons. The number of carbonyl (C=O) groups is 3. The molecular formula is C20H26NO4-. The van der Waals surface area contributed by atoms with Crippen molar-refractivity contribution in [2.75, 3.05) is 4.90 Å². The molecule has 0 saturated carbocycles. The second-order valence-electron chi connectivity index (χ2n) is 6.73. The standard InChI is InChI=1S/C20H27NO4/c1-3-5-6-10-14(9-4-2)16-13-18(22)21(19(16)23)17-12-8-7-11-15(17)20(24)25/h7-8,11-12,14,16H,3-6,9-10,13H2,1-2H3,(H,24,25)/p-1. The van der Waals surface area contributed by atoms with E-state index in [1.807, 2.05) is 0 Å². The maximum Gasteiger partial charge on any atom is 0.237 e. The Balaban J connectivity index is 2.25. The average molecular weight is 344 g/mol. The Hall–Kier alpha value is -2.17. The van der Waals surface area contributed by atoms with Crippen LogP contribution in [-0.4, -0.2) is 17.8 Å². The first kappa shape index (κ1) is 19.2. The number of carbonyl (C=O) groups excluding carboxylic acids is 3. The fraction of sp³-hybridized carbons (Fsp3) is 0.550. The summed E-state index contributed by atoms with van der Waals surface area (Å²) in [4.78, 5) is 37.8. The van der Waals surface area contributed by atoms with Gasteiger partial charge in [-0.2, -0.15) is 0 Å². The number of anilines is 1. The summed E-state index contributed by atoms with van der Waals surface area (Å²) in [5, 5.41) is 11.3. The summed E-state index contributed by atoms with van der Waals surface area (Å²) in [5.41, 5.74) is 0.00619. The first-order valence-corrected chi connectivity index (χ1v) is 9.18. The van der Waals surface area contributed by atoms with Crippen LogP contribution in [0.15, 0.2) is 24.3 Å². The molecule has 1 aromatic carbocycles. The third kappa shape index (κ3) is 4.27. The van der Waals surface area contributed by atoms with Crippen LogP contribution < -0.4 is 10.0 Å². The Morgan fingerprint density at radius 2 is 1.88 bits per heavy atom. The summed E-state index contributed by atoms with van der Waals surface area (Å²) < 4.78 is 0. The number of imide groups is 1. The van der Waals surface area contributed by atoms with Crippen molar-refractivity contribution in [2.24, 2.45) is 11.8 Å². The quantitative estimate of drug-likeness (QED) is 0.510. The molecule has 0 aromatic heterocycles. The van der Waals surface area contributed by atoms with Crippen molar-refractivity contribution in [1.29, 1.82) is 0 Å². The molecule has 0 aliphatic carbocycles. The Labute approximate surface area is 149 Å². The van der Waals surface area contributed by atoms with Crippen LogP contribution in [0.4, 0.5) is 5.69 Å². The predicted molar refractivity (Wildman–Crippen MR) is 93.9 cm³/mol. The number of nitrogens with zero attached hydrogens (tertiary/aromatic N) is 1.